The quantitative estimate of drug-likeness (QED) is 0.604. The predicted octanol–water partition coefficient (Wildman–Crippen LogP) is 3.12. The van der Waals surface area contributed by atoms with Gasteiger partial charge in [0.15, 0.2) is 0 Å². The van der Waals surface area contributed by atoms with Crippen molar-refractivity contribution < 1.29 is 14.1 Å². The van der Waals surface area contributed by atoms with Gasteiger partial charge in [-0.05, 0) is 56.0 Å². The summed E-state index contributed by atoms with van der Waals surface area (Å²) >= 11 is 0. The summed E-state index contributed by atoms with van der Waals surface area (Å²) in [4.78, 5) is 15.7. The molecule has 31 heavy (non-hydrogen) atoms. The Morgan fingerprint density at radius 3 is 2.97 bits per heavy atom. The molecule has 0 saturated carbocycles. The summed E-state index contributed by atoms with van der Waals surface area (Å²) < 4.78 is 11.2. The third-order valence-corrected chi connectivity index (χ3v) is 5.17. The van der Waals surface area contributed by atoms with Crippen LogP contribution < -0.4 is 15.8 Å². The van der Waals surface area contributed by atoms with E-state index in [9.17, 15) is 10.1 Å². The van der Waals surface area contributed by atoms with Crippen molar-refractivity contribution in [3.8, 4) is 34.7 Å². The molecule has 1 aliphatic rings. The second kappa shape index (κ2) is 8.58. The van der Waals surface area contributed by atoms with Crippen molar-refractivity contribution in [1.29, 1.82) is 5.26 Å². The van der Waals surface area contributed by atoms with Crippen LogP contribution in [0.3, 0.4) is 0 Å². The Kier molecular flexibility index (Phi) is 5.69. The van der Waals surface area contributed by atoms with Gasteiger partial charge in [0.25, 0.3) is 5.89 Å². The molecule has 1 unspecified atom stereocenters. The van der Waals surface area contributed by atoms with Crippen molar-refractivity contribution in [2.45, 2.75) is 38.8 Å². The van der Waals surface area contributed by atoms with E-state index in [4.69, 9.17) is 15.0 Å². The lowest BCUT2D eigenvalue weighted by molar-refractivity contribution is -0.117. The SMILES string of the molecule is CC(C)Oc1ccc(-c2nc(-c3cccc4c3CCC4NCC(N)=O)no2)cc1C#N. The molecule has 1 atom stereocenters. The van der Waals surface area contributed by atoms with Crippen LogP contribution in [0.15, 0.2) is 40.9 Å². The number of nitrogens with one attached hydrogen (secondary N) is 1. The average Bonchev–Trinajstić information content (AvgIpc) is 3.39. The smallest absolute Gasteiger partial charge is 0.258 e. The topological polar surface area (TPSA) is 127 Å². The van der Waals surface area contributed by atoms with Crippen molar-refractivity contribution >= 4 is 5.91 Å². The maximum absolute atomic E-state index is 11.1. The molecule has 1 aliphatic carbocycles. The molecule has 0 fully saturated rings. The van der Waals surface area contributed by atoms with E-state index < -0.39 is 0 Å². The molecular weight excluding hydrogens is 394 g/mol. The van der Waals surface area contributed by atoms with Crippen LogP contribution in [0, 0.1) is 11.3 Å². The Bertz CT molecular complexity index is 1160. The summed E-state index contributed by atoms with van der Waals surface area (Å²) in [7, 11) is 0. The van der Waals surface area contributed by atoms with Crippen LogP contribution in [0.5, 0.6) is 5.75 Å². The van der Waals surface area contributed by atoms with Crippen LogP contribution in [0.4, 0.5) is 0 Å². The van der Waals surface area contributed by atoms with Gasteiger partial charge in [-0.2, -0.15) is 10.2 Å². The summed E-state index contributed by atoms with van der Waals surface area (Å²) in [6.07, 6.45) is 1.67. The van der Waals surface area contributed by atoms with Gasteiger partial charge in [-0.25, -0.2) is 0 Å². The van der Waals surface area contributed by atoms with Crippen LogP contribution >= 0.6 is 0 Å². The molecule has 8 heteroatoms. The van der Waals surface area contributed by atoms with Gasteiger partial charge in [-0.3, -0.25) is 4.79 Å². The minimum Gasteiger partial charge on any atom is -0.490 e. The Labute approximate surface area is 180 Å². The maximum atomic E-state index is 11.1. The van der Waals surface area contributed by atoms with Crippen LogP contribution in [0.25, 0.3) is 22.8 Å². The largest absolute Gasteiger partial charge is 0.490 e. The number of carbonyl (C=O) groups excluding carboxylic acids is 1. The highest BCUT2D eigenvalue weighted by Gasteiger charge is 2.26. The number of nitrogens with two attached hydrogens (primary N) is 1. The average molecular weight is 417 g/mol. The summed E-state index contributed by atoms with van der Waals surface area (Å²) in [5, 5.41) is 16.8. The Hall–Kier alpha value is -3.70. The molecular formula is C23H23N5O3. The molecule has 1 heterocycles. The van der Waals surface area contributed by atoms with E-state index in [1.54, 1.807) is 18.2 Å². The van der Waals surface area contributed by atoms with Crippen LogP contribution in [-0.4, -0.2) is 28.7 Å². The van der Waals surface area contributed by atoms with E-state index in [1.165, 1.54) is 0 Å². The number of ether oxygens (including phenoxy) is 1. The minimum absolute atomic E-state index is 0.0329. The number of benzene rings is 2. The Morgan fingerprint density at radius 1 is 1.39 bits per heavy atom. The summed E-state index contributed by atoms with van der Waals surface area (Å²) in [6, 6.07) is 13.4. The summed E-state index contributed by atoms with van der Waals surface area (Å²) in [5.41, 5.74) is 9.48. The number of aromatic nitrogens is 2. The molecule has 1 amide bonds. The van der Waals surface area contributed by atoms with Crippen molar-refractivity contribution in [1.82, 2.24) is 15.5 Å². The lowest BCUT2D eigenvalue weighted by atomic mass is 10.0. The lowest BCUT2D eigenvalue weighted by Gasteiger charge is -2.13. The van der Waals surface area contributed by atoms with Gasteiger partial charge in [0.1, 0.15) is 11.8 Å². The van der Waals surface area contributed by atoms with E-state index in [2.05, 4.69) is 21.5 Å². The molecule has 2 aromatic carbocycles. The molecule has 4 rings (SSSR count). The van der Waals surface area contributed by atoms with E-state index in [1.807, 2.05) is 32.0 Å². The monoisotopic (exact) mass is 417 g/mol. The van der Waals surface area contributed by atoms with Crippen LogP contribution in [0.1, 0.15) is 43.0 Å². The second-order valence-electron chi connectivity index (χ2n) is 7.72. The zero-order valence-electron chi connectivity index (χ0n) is 17.4. The number of nitrogens with zero attached hydrogens (tertiary/aromatic N) is 3. The standard InChI is InChI=1S/C23H23N5O3/c1-13(2)30-20-9-6-14(10-15(20)11-24)23-27-22(28-31-23)18-5-3-4-17-16(18)7-8-19(17)26-12-21(25)29/h3-6,9-10,13,19,26H,7-8,12H2,1-2H3,(H2,25,29). The van der Waals surface area contributed by atoms with E-state index in [0.717, 1.165) is 29.5 Å². The molecule has 1 aromatic heterocycles. The first-order chi connectivity index (χ1) is 15.0. The fraction of sp³-hybridized carbons (Fsp3) is 0.304. The number of amides is 1. The number of hydrogen-bond donors (Lipinski definition) is 2. The van der Waals surface area contributed by atoms with Crippen LogP contribution in [-0.2, 0) is 11.2 Å². The van der Waals surface area contributed by atoms with E-state index >= 15 is 0 Å². The number of nitriles is 1. The third kappa shape index (κ3) is 4.27. The van der Waals surface area contributed by atoms with Gasteiger partial charge in [0.2, 0.25) is 11.7 Å². The van der Waals surface area contributed by atoms with Crippen molar-refractivity contribution in [3.63, 3.8) is 0 Å². The third-order valence-electron chi connectivity index (χ3n) is 5.17. The second-order valence-corrected chi connectivity index (χ2v) is 7.72. The molecule has 3 aromatic rings. The van der Waals surface area contributed by atoms with E-state index in [0.29, 0.717) is 28.6 Å². The number of carbonyl (C=O) groups is 1. The number of rotatable bonds is 7. The maximum Gasteiger partial charge on any atom is 0.258 e. The Balaban J connectivity index is 1.62. The minimum atomic E-state index is -0.381. The normalized spacial score (nSPS) is 15.0. The Morgan fingerprint density at radius 2 is 2.23 bits per heavy atom. The van der Waals surface area contributed by atoms with E-state index in [-0.39, 0.29) is 24.6 Å². The fourth-order valence-electron chi connectivity index (χ4n) is 3.86. The number of hydrogen-bond acceptors (Lipinski definition) is 7. The zero-order valence-corrected chi connectivity index (χ0v) is 17.4. The zero-order chi connectivity index (χ0) is 22.0. The molecule has 0 saturated heterocycles. The molecule has 158 valence electrons. The fourth-order valence-corrected chi connectivity index (χ4v) is 3.86. The van der Waals surface area contributed by atoms with Gasteiger partial charge >= 0.3 is 0 Å². The predicted molar refractivity (Wildman–Crippen MR) is 114 cm³/mol. The van der Waals surface area contributed by atoms with Gasteiger partial charge < -0.3 is 20.3 Å². The summed E-state index contributed by atoms with van der Waals surface area (Å²) in [5.74, 6) is 0.968. The number of fused-ring (bicyclic) bond motifs is 1. The number of primary amides is 1. The van der Waals surface area contributed by atoms with Crippen molar-refractivity contribution in [3.05, 3.63) is 53.1 Å². The first-order valence-electron chi connectivity index (χ1n) is 10.1. The first kappa shape index (κ1) is 20.6. The molecule has 0 spiro atoms. The van der Waals surface area contributed by atoms with Gasteiger partial charge in [0, 0.05) is 17.2 Å². The van der Waals surface area contributed by atoms with Gasteiger partial charge in [0.05, 0.1) is 18.2 Å². The van der Waals surface area contributed by atoms with Crippen LogP contribution in [0.2, 0.25) is 0 Å². The van der Waals surface area contributed by atoms with Crippen molar-refractivity contribution in [2.24, 2.45) is 5.73 Å². The van der Waals surface area contributed by atoms with Gasteiger partial charge in [-0.15, -0.1) is 0 Å². The molecule has 8 nitrogen and oxygen atoms in total. The van der Waals surface area contributed by atoms with Gasteiger partial charge in [-0.1, -0.05) is 23.4 Å². The van der Waals surface area contributed by atoms with Crippen molar-refractivity contribution in [2.75, 3.05) is 6.54 Å². The highest BCUT2D eigenvalue weighted by molar-refractivity contribution is 5.76. The summed E-state index contributed by atoms with van der Waals surface area (Å²) in [6.45, 7) is 3.95. The molecule has 0 bridgehead atoms. The molecule has 0 radical (unpaired) electrons. The highest BCUT2D eigenvalue weighted by atomic mass is 16.5. The molecule has 3 N–H and O–H groups in total. The first-order valence-corrected chi connectivity index (χ1v) is 10.1. The lowest BCUT2D eigenvalue weighted by Crippen LogP contribution is -2.30. The molecule has 0 aliphatic heterocycles. The highest BCUT2D eigenvalue weighted by Crippen LogP contribution is 2.37.